The second kappa shape index (κ2) is 8.69. The Morgan fingerprint density at radius 1 is 1.00 bits per heavy atom. The molecule has 1 aromatic rings. The van der Waals surface area contributed by atoms with E-state index in [1.807, 2.05) is 12.1 Å². The molecule has 4 heteroatoms. The van der Waals surface area contributed by atoms with E-state index in [1.54, 1.807) is 21.3 Å². The zero-order valence-corrected chi connectivity index (χ0v) is 13.3. The second-order valence-corrected chi connectivity index (χ2v) is 4.79. The lowest BCUT2D eigenvalue weighted by Crippen LogP contribution is -2.28. The van der Waals surface area contributed by atoms with Crippen molar-refractivity contribution in [2.24, 2.45) is 0 Å². The molecule has 0 fully saturated rings. The predicted octanol–water partition coefficient (Wildman–Crippen LogP) is 3.38. The van der Waals surface area contributed by atoms with Crippen LogP contribution in [0.4, 0.5) is 0 Å². The Bertz CT molecular complexity index is 382. The standard InChI is InChI=1S/C16H27NO3/c1-6-8-12(7-2)17-11-14-15(19-4)9-13(18-3)10-16(14)20-5/h9-10,12,17H,6-8,11H2,1-5H3. The lowest BCUT2D eigenvalue weighted by atomic mass is 10.1. The van der Waals surface area contributed by atoms with Crippen LogP contribution in [0.3, 0.4) is 0 Å². The molecule has 1 unspecified atom stereocenters. The second-order valence-electron chi connectivity index (χ2n) is 4.79. The van der Waals surface area contributed by atoms with Crippen LogP contribution >= 0.6 is 0 Å². The van der Waals surface area contributed by atoms with Crippen LogP contribution in [0.25, 0.3) is 0 Å². The fourth-order valence-corrected chi connectivity index (χ4v) is 2.30. The number of hydrogen-bond donors (Lipinski definition) is 1. The molecular weight excluding hydrogens is 254 g/mol. The van der Waals surface area contributed by atoms with Gasteiger partial charge in [0.2, 0.25) is 0 Å². The van der Waals surface area contributed by atoms with Gasteiger partial charge in [0.15, 0.2) is 0 Å². The van der Waals surface area contributed by atoms with Crippen LogP contribution in [0.15, 0.2) is 12.1 Å². The first-order valence-electron chi connectivity index (χ1n) is 7.22. The molecule has 4 nitrogen and oxygen atoms in total. The van der Waals surface area contributed by atoms with E-state index >= 15 is 0 Å². The summed E-state index contributed by atoms with van der Waals surface area (Å²) in [7, 11) is 4.97. The third-order valence-electron chi connectivity index (χ3n) is 3.51. The highest BCUT2D eigenvalue weighted by Gasteiger charge is 2.14. The minimum Gasteiger partial charge on any atom is -0.496 e. The highest BCUT2D eigenvalue weighted by molar-refractivity contribution is 5.50. The Balaban J connectivity index is 2.91. The zero-order chi connectivity index (χ0) is 15.0. The fraction of sp³-hybridized carbons (Fsp3) is 0.625. The Morgan fingerprint density at radius 3 is 2.00 bits per heavy atom. The summed E-state index contributed by atoms with van der Waals surface area (Å²) < 4.78 is 16.2. The maximum absolute atomic E-state index is 5.46. The molecule has 114 valence electrons. The summed E-state index contributed by atoms with van der Waals surface area (Å²) in [5.74, 6) is 2.32. The highest BCUT2D eigenvalue weighted by Crippen LogP contribution is 2.34. The molecule has 0 saturated heterocycles. The summed E-state index contributed by atoms with van der Waals surface area (Å²) in [6.07, 6.45) is 3.48. The molecule has 0 radical (unpaired) electrons. The van der Waals surface area contributed by atoms with E-state index < -0.39 is 0 Å². The molecule has 0 bridgehead atoms. The molecule has 0 saturated carbocycles. The van der Waals surface area contributed by atoms with E-state index in [0.29, 0.717) is 6.04 Å². The molecule has 1 N–H and O–H groups in total. The Kier molecular flexibility index (Phi) is 7.23. The van der Waals surface area contributed by atoms with Gasteiger partial charge >= 0.3 is 0 Å². The lowest BCUT2D eigenvalue weighted by Gasteiger charge is -2.19. The van der Waals surface area contributed by atoms with Gasteiger partial charge in [-0.05, 0) is 12.8 Å². The third-order valence-corrected chi connectivity index (χ3v) is 3.51. The average Bonchev–Trinajstić information content (AvgIpc) is 2.50. The van der Waals surface area contributed by atoms with Crippen LogP contribution in [-0.4, -0.2) is 27.4 Å². The lowest BCUT2D eigenvalue weighted by molar-refractivity contribution is 0.362. The number of benzene rings is 1. The molecule has 0 amide bonds. The first-order chi connectivity index (χ1) is 9.69. The summed E-state index contributed by atoms with van der Waals surface area (Å²) in [5, 5.41) is 3.57. The largest absolute Gasteiger partial charge is 0.496 e. The average molecular weight is 281 g/mol. The first-order valence-corrected chi connectivity index (χ1v) is 7.22. The van der Waals surface area contributed by atoms with E-state index in [4.69, 9.17) is 14.2 Å². The molecule has 0 spiro atoms. The summed E-state index contributed by atoms with van der Waals surface area (Å²) in [6.45, 7) is 5.14. The molecule has 0 aliphatic rings. The summed E-state index contributed by atoms with van der Waals surface area (Å²) in [6, 6.07) is 4.30. The first kappa shape index (κ1) is 16.6. The summed E-state index contributed by atoms with van der Waals surface area (Å²) in [5.41, 5.74) is 1.03. The molecule has 20 heavy (non-hydrogen) atoms. The van der Waals surface area contributed by atoms with Gasteiger partial charge in [-0.25, -0.2) is 0 Å². The van der Waals surface area contributed by atoms with Gasteiger partial charge in [0, 0.05) is 24.7 Å². The van der Waals surface area contributed by atoms with Crippen LogP contribution in [0.2, 0.25) is 0 Å². The SMILES string of the molecule is CCCC(CC)NCc1c(OC)cc(OC)cc1OC. The van der Waals surface area contributed by atoms with E-state index in [-0.39, 0.29) is 0 Å². The van der Waals surface area contributed by atoms with E-state index in [2.05, 4.69) is 19.2 Å². The number of nitrogens with one attached hydrogen (secondary N) is 1. The minimum atomic E-state index is 0.525. The van der Waals surface area contributed by atoms with Gasteiger partial charge in [-0.1, -0.05) is 20.3 Å². The molecule has 1 rings (SSSR count). The summed E-state index contributed by atoms with van der Waals surface area (Å²) >= 11 is 0. The highest BCUT2D eigenvalue weighted by atomic mass is 16.5. The normalized spacial score (nSPS) is 12.1. The maximum Gasteiger partial charge on any atom is 0.130 e. The van der Waals surface area contributed by atoms with Crippen molar-refractivity contribution in [1.82, 2.24) is 5.32 Å². The smallest absolute Gasteiger partial charge is 0.130 e. The molecule has 1 atom stereocenters. The fourth-order valence-electron chi connectivity index (χ4n) is 2.30. The number of rotatable bonds is 9. The van der Waals surface area contributed by atoms with Gasteiger partial charge < -0.3 is 19.5 Å². The maximum atomic E-state index is 5.46. The van der Waals surface area contributed by atoms with Crippen molar-refractivity contribution in [2.75, 3.05) is 21.3 Å². The van der Waals surface area contributed by atoms with Crippen LogP contribution in [0.5, 0.6) is 17.2 Å². The molecule has 0 aliphatic carbocycles. The van der Waals surface area contributed by atoms with Crippen molar-refractivity contribution >= 4 is 0 Å². The van der Waals surface area contributed by atoms with Crippen LogP contribution in [-0.2, 0) is 6.54 Å². The Morgan fingerprint density at radius 2 is 1.60 bits per heavy atom. The summed E-state index contributed by atoms with van der Waals surface area (Å²) in [4.78, 5) is 0. The van der Waals surface area contributed by atoms with Crippen LogP contribution < -0.4 is 19.5 Å². The van der Waals surface area contributed by atoms with E-state index in [0.717, 1.165) is 35.8 Å². The van der Waals surface area contributed by atoms with Gasteiger partial charge in [0.05, 0.1) is 26.9 Å². The van der Waals surface area contributed by atoms with Crippen LogP contribution in [0, 0.1) is 0 Å². The van der Waals surface area contributed by atoms with Gasteiger partial charge in [0.1, 0.15) is 17.2 Å². The van der Waals surface area contributed by atoms with Gasteiger partial charge in [-0.3, -0.25) is 0 Å². The van der Waals surface area contributed by atoms with E-state index in [9.17, 15) is 0 Å². The minimum absolute atomic E-state index is 0.525. The van der Waals surface area contributed by atoms with Gasteiger partial charge in [-0.15, -0.1) is 0 Å². The predicted molar refractivity (Wildman–Crippen MR) is 81.9 cm³/mol. The quantitative estimate of drug-likeness (QED) is 0.753. The van der Waals surface area contributed by atoms with Crippen molar-refractivity contribution in [2.45, 2.75) is 45.7 Å². The Labute approximate surface area is 122 Å². The van der Waals surface area contributed by atoms with Crippen molar-refractivity contribution in [3.63, 3.8) is 0 Å². The molecule has 0 aromatic heterocycles. The molecular formula is C16H27NO3. The van der Waals surface area contributed by atoms with Crippen molar-refractivity contribution in [3.8, 4) is 17.2 Å². The monoisotopic (exact) mass is 281 g/mol. The van der Waals surface area contributed by atoms with Crippen molar-refractivity contribution < 1.29 is 14.2 Å². The Hall–Kier alpha value is -1.42. The third kappa shape index (κ3) is 4.30. The topological polar surface area (TPSA) is 39.7 Å². The van der Waals surface area contributed by atoms with E-state index in [1.165, 1.54) is 12.8 Å². The number of methoxy groups -OCH3 is 3. The van der Waals surface area contributed by atoms with Gasteiger partial charge in [-0.2, -0.15) is 0 Å². The molecule has 0 heterocycles. The van der Waals surface area contributed by atoms with Crippen molar-refractivity contribution in [3.05, 3.63) is 17.7 Å². The number of ether oxygens (including phenoxy) is 3. The molecule has 1 aromatic carbocycles. The zero-order valence-electron chi connectivity index (χ0n) is 13.3. The van der Waals surface area contributed by atoms with Crippen LogP contribution in [0.1, 0.15) is 38.7 Å². The van der Waals surface area contributed by atoms with Gasteiger partial charge in [0.25, 0.3) is 0 Å². The number of hydrogen-bond acceptors (Lipinski definition) is 4. The molecule has 0 aliphatic heterocycles. The van der Waals surface area contributed by atoms with Crippen molar-refractivity contribution in [1.29, 1.82) is 0 Å².